The summed E-state index contributed by atoms with van der Waals surface area (Å²) in [4.78, 5) is 9.24. The second kappa shape index (κ2) is 7.55. The normalized spacial score (nSPS) is 15.9. The molecule has 0 saturated carbocycles. The van der Waals surface area contributed by atoms with E-state index in [4.69, 9.17) is 0 Å². The van der Waals surface area contributed by atoms with Crippen molar-refractivity contribution in [2.75, 3.05) is 31.1 Å². The van der Waals surface area contributed by atoms with E-state index in [2.05, 4.69) is 15.3 Å². The Balaban J connectivity index is 1.98. The van der Waals surface area contributed by atoms with Crippen molar-refractivity contribution in [1.82, 2.24) is 15.3 Å². The molecule has 0 spiro atoms. The van der Waals surface area contributed by atoms with E-state index in [-0.39, 0.29) is 10.1 Å². The molecule has 0 radical (unpaired) electrons. The summed E-state index contributed by atoms with van der Waals surface area (Å²) in [5.41, 5.74) is -1.51. The third kappa shape index (κ3) is 4.83. The van der Waals surface area contributed by atoms with Crippen LogP contribution in [0.3, 0.4) is 0 Å². The molecular weight excluding hydrogens is 394 g/mol. The largest absolute Gasteiger partial charge is 0.433 e. The zero-order valence-electron chi connectivity index (χ0n) is 13.7. The lowest BCUT2D eigenvalue weighted by Gasteiger charge is -2.31. The Kier molecular flexibility index (Phi) is 5.52. The number of nitrogens with zero attached hydrogens (tertiary/aromatic N) is 3. The van der Waals surface area contributed by atoms with Crippen LogP contribution < -0.4 is 10.2 Å². The summed E-state index contributed by atoms with van der Waals surface area (Å²) >= 11 is 0.684. The van der Waals surface area contributed by atoms with E-state index in [1.165, 1.54) is 6.07 Å². The van der Waals surface area contributed by atoms with Gasteiger partial charge in [-0.25, -0.2) is 9.97 Å². The molecule has 0 amide bonds. The number of rotatable bonds is 3. The van der Waals surface area contributed by atoms with E-state index < -0.39 is 23.6 Å². The number of benzene rings is 1. The number of hydrogen-bond acceptors (Lipinski definition) is 5. The van der Waals surface area contributed by atoms with E-state index in [1.54, 1.807) is 0 Å². The lowest BCUT2D eigenvalue weighted by atomic mass is 10.1. The summed E-state index contributed by atoms with van der Waals surface area (Å²) in [5, 5.41) is 2.87. The Hall–Kier alpha value is -2.01. The molecule has 27 heavy (non-hydrogen) atoms. The van der Waals surface area contributed by atoms with Gasteiger partial charge in [-0.2, -0.15) is 26.3 Å². The zero-order chi connectivity index (χ0) is 19.7. The standard InChI is InChI=1S/C16H14F6N4S/c17-15(18,19)10-1-2-11(26-7-5-23-6-8-26)12(9-10)27-14-24-4-3-13(25-14)16(20,21)22/h1-4,9,23H,5-8H2. The molecule has 0 unspecified atom stereocenters. The fourth-order valence-corrected chi connectivity index (χ4v) is 3.53. The molecule has 0 aliphatic carbocycles. The Morgan fingerprint density at radius 1 is 0.963 bits per heavy atom. The first-order chi connectivity index (χ1) is 12.6. The van der Waals surface area contributed by atoms with Gasteiger partial charge >= 0.3 is 12.4 Å². The van der Waals surface area contributed by atoms with Gasteiger partial charge in [0.1, 0.15) is 5.69 Å². The summed E-state index contributed by atoms with van der Waals surface area (Å²) in [5.74, 6) is 0. The van der Waals surface area contributed by atoms with Gasteiger partial charge in [-0.3, -0.25) is 0 Å². The highest BCUT2D eigenvalue weighted by Gasteiger charge is 2.34. The molecule has 146 valence electrons. The fourth-order valence-electron chi connectivity index (χ4n) is 2.59. The van der Waals surface area contributed by atoms with Gasteiger partial charge < -0.3 is 10.2 Å². The van der Waals surface area contributed by atoms with Crippen LogP contribution in [0.5, 0.6) is 0 Å². The molecular formula is C16H14F6N4S. The van der Waals surface area contributed by atoms with Crippen molar-refractivity contribution >= 4 is 17.4 Å². The number of nitrogens with one attached hydrogen (secondary N) is 1. The number of anilines is 1. The van der Waals surface area contributed by atoms with Crippen molar-refractivity contribution in [2.24, 2.45) is 0 Å². The highest BCUT2D eigenvalue weighted by atomic mass is 32.2. The smallest absolute Gasteiger partial charge is 0.368 e. The van der Waals surface area contributed by atoms with Crippen LogP contribution in [0.25, 0.3) is 0 Å². The molecule has 1 saturated heterocycles. The van der Waals surface area contributed by atoms with E-state index in [1.807, 2.05) is 4.90 Å². The minimum atomic E-state index is -4.66. The van der Waals surface area contributed by atoms with Crippen molar-refractivity contribution < 1.29 is 26.3 Å². The topological polar surface area (TPSA) is 41.0 Å². The molecule has 1 aromatic carbocycles. The van der Waals surface area contributed by atoms with Crippen LogP contribution in [0.1, 0.15) is 11.3 Å². The van der Waals surface area contributed by atoms with Crippen LogP contribution in [0.15, 0.2) is 40.5 Å². The first-order valence-corrected chi connectivity index (χ1v) is 8.71. The Morgan fingerprint density at radius 2 is 1.67 bits per heavy atom. The predicted octanol–water partition coefficient (Wildman–Crippen LogP) is 4.08. The molecule has 1 fully saturated rings. The quantitative estimate of drug-likeness (QED) is 0.613. The number of alkyl halides is 6. The molecule has 0 atom stereocenters. The SMILES string of the molecule is FC(F)(F)c1ccc(N2CCNCC2)c(Sc2nccc(C(F)(F)F)n2)c1. The van der Waals surface area contributed by atoms with Gasteiger partial charge in [-0.1, -0.05) is 0 Å². The zero-order valence-corrected chi connectivity index (χ0v) is 14.5. The van der Waals surface area contributed by atoms with Crippen molar-refractivity contribution in [3.63, 3.8) is 0 Å². The van der Waals surface area contributed by atoms with Crippen molar-refractivity contribution in [1.29, 1.82) is 0 Å². The van der Waals surface area contributed by atoms with E-state index >= 15 is 0 Å². The molecule has 1 N–H and O–H groups in total. The number of aromatic nitrogens is 2. The Labute approximate surface area is 155 Å². The summed E-state index contributed by atoms with van der Waals surface area (Å²) in [6, 6.07) is 3.94. The van der Waals surface area contributed by atoms with Crippen molar-refractivity contribution in [3.05, 3.63) is 41.7 Å². The number of piperazine rings is 1. The molecule has 4 nitrogen and oxygen atoms in total. The van der Waals surface area contributed by atoms with Crippen molar-refractivity contribution in [3.8, 4) is 0 Å². The van der Waals surface area contributed by atoms with Gasteiger partial charge in [0.25, 0.3) is 0 Å². The van der Waals surface area contributed by atoms with Crippen LogP contribution in [0, 0.1) is 0 Å². The molecule has 1 aliphatic rings. The van der Waals surface area contributed by atoms with Gasteiger partial charge in [0, 0.05) is 37.3 Å². The van der Waals surface area contributed by atoms with Crippen LogP contribution >= 0.6 is 11.8 Å². The molecule has 1 aliphatic heterocycles. The first kappa shape index (κ1) is 19.7. The third-order valence-electron chi connectivity index (χ3n) is 3.87. The minimum Gasteiger partial charge on any atom is -0.368 e. The maximum absolute atomic E-state index is 13.1. The molecule has 0 bridgehead atoms. The van der Waals surface area contributed by atoms with Crippen LogP contribution in [-0.4, -0.2) is 36.1 Å². The van der Waals surface area contributed by atoms with Gasteiger partial charge in [-0.05, 0) is 36.0 Å². The van der Waals surface area contributed by atoms with E-state index in [0.717, 1.165) is 18.3 Å². The van der Waals surface area contributed by atoms with Gasteiger partial charge in [-0.15, -0.1) is 0 Å². The average molecular weight is 408 g/mol. The third-order valence-corrected chi connectivity index (χ3v) is 4.80. The van der Waals surface area contributed by atoms with Crippen LogP contribution in [0.4, 0.5) is 32.0 Å². The maximum atomic E-state index is 13.1. The summed E-state index contributed by atoms with van der Waals surface area (Å²) < 4.78 is 77.8. The molecule has 2 heterocycles. The average Bonchev–Trinajstić information content (AvgIpc) is 2.61. The second-order valence-electron chi connectivity index (χ2n) is 5.74. The van der Waals surface area contributed by atoms with Gasteiger partial charge in [0.2, 0.25) is 0 Å². The minimum absolute atomic E-state index is 0.158. The van der Waals surface area contributed by atoms with Crippen LogP contribution in [0.2, 0.25) is 0 Å². The molecule has 3 rings (SSSR count). The monoisotopic (exact) mass is 408 g/mol. The fraction of sp³-hybridized carbons (Fsp3) is 0.375. The maximum Gasteiger partial charge on any atom is 0.433 e. The lowest BCUT2D eigenvalue weighted by Crippen LogP contribution is -2.43. The van der Waals surface area contributed by atoms with Gasteiger partial charge in [0.15, 0.2) is 5.16 Å². The number of halogens is 6. The summed E-state index contributed by atoms with van der Waals surface area (Å²) in [6.45, 7) is 2.46. The molecule has 11 heteroatoms. The van der Waals surface area contributed by atoms with Crippen molar-refractivity contribution in [2.45, 2.75) is 22.4 Å². The number of hydrogen-bond donors (Lipinski definition) is 1. The van der Waals surface area contributed by atoms with Crippen LogP contribution in [-0.2, 0) is 12.4 Å². The lowest BCUT2D eigenvalue weighted by molar-refractivity contribution is -0.141. The van der Waals surface area contributed by atoms with Gasteiger partial charge in [0.05, 0.1) is 11.3 Å². The van der Waals surface area contributed by atoms with E-state index in [0.29, 0.717) is 49.7 Å². The molecule has 2 aromatic rings. The summed E-state index contributed by atoms with van der Waals surface area (Å²) in [7, 11) is 0. The Bertz CT molecular complexity index is 802. The second-order valence-corrected chi connectivity index (χ2v) is 6.75. The van der Waals surface area contributed by atoms with E-state index in [9.17, 15) is 26.3 Å². The predicted molar refractivity (Wildman–Crippen MR) is 87.7 cm³/mol. The summed E-state index contributed by atoms with van der Waals surface area (Å²) in [6.07, 6.45) is -8.28. The highest BCUT2D eigenvalue weighted by Crippen LogP contribution is 2.39. The molecule has 1 aromatic heterocycles. The Morgan fingerprint density at radius 3 is 2.30 bits per heavy atom. The highest BCUT2D eigenvalue weighted by molar-refractivity contribution is 7.99. The first-order valence-electron chi connectivity index (χ1n) is 7.89.